The molecule has 0 unspecified atom stereocenters. The van der Waals surface area contributed by atoms with Crippen molar-refractivity contribution in [1.82, 2.24) is 4.90 Å². The van der Waals surface area contributed by atoms with Crippen LogP contribution in [0.2, 0.25) is 0 Å². The molecular weight excluding hydrogens is 384 g/mol. The van der Waals surface area contributed by atoms with Gasteiger partial charge in [0.2, 0.25) is 0 Å². The zero-order valence-electron chi connectivity index (χ0n) is 19.4. The monoisotopic (exact) mass is 422 g/mol. The Morgan fingerprint density at radius 1 is 1.00 bits per heavy atom. The first-order valence-electron chi connectivity index (χ1n) is 11.7. The zero-order chi connectivity index (χ0) is 22.1. The number of nitrogens with zero attached hydrogens (tertiary/aromatic N) is 1. The number of benzene rings is 2. The maximum atomic E-state index is 12.4. The molecule has 1 saturated carbocycles. The first-order chi connectivity index (χ1) is 14.9. The van der Waals surface area contributed by atoms with Crippen molar-refractivity contribution in [2.24, 2.45) is 0 Å². The standard InChI is InChI=1S/C27H38N2O2/c1-27(2,3)31-26(30)21-29(20-22-10-6-4-7-11-22)19-18-28-25-16-14-24(15-17-25)23-12-8-5-9-13-23/h4,6-7,10-11,14-17,23,28H,5,8-9,12-13,18-21H2,1-3H3. The fourth-order valence-corrected chi connectivity index (χ4v) is 4.28. The van der Waals surface area contributed by atoms with Gasteiger partial charge in [-0.3, -0.25) is 9.69 Å². The summed E-state index contributed by atoms with van der Waals surface area (Å²) in [7, 11) is 0. The molecule has 2 aromatic carbocycles. The minimum atomic E-state index is -0.464. The van der Waals surface area contributed by atoms with Gasteiger partial charge in [0.1, 0.15) is 5.60 Å². The van der Waals surface area contributed by atoms with Crippen LogP contribution in [0.15, 0.2) is 54.6 Å². The fourth-order valence-electron chi connectivity index (χ4n) is 4.28. The smallest absolute Gasteiger partial charge is 0.320 e. The molecule has 2 aromatic rings. The Morgan fingerprint density at radius 2 is 1.68 bits per heavy atom. The molecule has 1 aliphatic carbocycles. The van der Waals surface area contributed by atoms with Crippen molar-refractivity contribution in [3.8, 4) is 0 Å². The second kappa shape index (κ2) is 11.3. The van der Waals surface area contributed by atoms with E-state index in [1.54, 1.807) is 0 Å². The van der Waals surface area contributed by atoms with Crippen LogP contribution in [0.1, 0.15) is 69.9 Å². The molecule has 0 bridgehead atoms. The van der Waals surface area contributed by atoms with Crippen molar-refractivity contribution in [2.75, 3.05) is 25.0 Å². The van der Waals surface area contributed by atoms with E-state index in [1.807, 2.05) is 39.0 Å². The van der Waals surface area contributed by atoms with Gasteiger partial charge in [-0.1, -0.05) is 61.7 Å². The Balaban J connectivity index is 1.53. The van der Waals surface area contributed by atoms with Gasteiger partial charge in [0.15, 0.2) is 0 Å². The van der Waals surface area contributed by atoms with E-state index >= 15 is 0 Å². The van der Waals surface area contributed by atoms with E-state index in [9.17, 15) is 4.79 Å². The van der Waals surface area contributed by atoms with Gasteiger partial charge >= 0.3 is 5.97 Å². The molecule has 1 N–H and O–H groups in total. The van der Waals surface area contributed by atoms with E-state index in [0.717, 1.165) is 31.2 Å². The summed E-state index contributed by atoms with van der Waals surface area (Å²) in [6.07, 6.45) is 6.76. The van der Waals surface area contributed by atoms with Crippen LogP contribution in [0, 0.1) is 0 Å². The van der Waals surface area contributed by atoms with Gasteiger partial charge < -0.3 is 10.1 Å². The lowest BCUT2D eigenvalue weighted by Crippen LogP contribution is -2.37. The van der Waals surface area contributed by atoms with E-state index in [4.69, 9.17) is 4.74 Å². The average molecular weight is 423 g/mol. The minimum Gasteiger partial charge on any atom is -0.459 e. The summed E-state index contributed by atoms with van der Waals surface area (Å²) in [5, 5.41) is 3.52. The first kappa shape index (κ1) is 23.3. The molecule has 0 saturated heterocycles. The zero-order valence-corrected chi connectivity index (χ0v) is 19.4. The van der Waals surface area contributed by atoms with Crippen molar-refractivity contribution in [1.29, 1.82) is 0 Å². The van der Waals surface area contributed by atoms with E-state index in [2.05, 4.69) is 46.6 Å². The largest absolute Gasteiger partial charge is 0.459 e. The van der Waals surface area contributed by atoms with Gasteiger partial charge in [0.05, 0.1) is 6.54 Å². The number of esters is 1. The molecule has 0 aromatic heterocycles. The summed E-state index contributed by atoms with van der Waals surface area (Å²) in [4.78, 5) is 14.5. The lowest BCUT2D eigenvalue weighted by atomic mass is 9.84. The van der Waals surface area contributed by atoms with E-state index < -0.39 is 5.60 Å². The van der Waals surface area contributed by atoms with Crippen LogP contribution in [0.25, 0.3) is 0 Å². The number of hydrogen-bond acceptors (Lipinski definition) is 4. The Kier molecular flexibility index (Phi) is 8.53. The first-order valence-corrected chi connectivity index (χ1v) is 11.7. The average Bonchev–Trinajstić information content (AvgIpc) is 2.74. The summed E-state index contributed by atoms with van der Waals surface area (Å²) >= 11 is 0. The third kappa shape index (κ3) is 8.37. The molecule has 31 heavy (non-hydrogen) atoms. The van der Waals surface area contributed by atoms with Gasteiger partial charge in [0.25, 0.3) is 0 Å². The number of rotatable bonds is 9. The number of ether oxygens (including phenoxy) is 1. The van der Waals surface area contributed by atoms with Crippen molar-refractivity contribution in [2.45, 2.75) is 70.9 Å². The molecule has 0 heterocycles. The van der Waals surface area contributed by atoms with Crippen molar-refractivity contribution in [3.05, 3.63) is 65.7 Å². The Labute approximate surface area is 188 Å². The van der Waals surface area contributed by atoms with Crippen LogP contribution < -0.4 is 5.32 Å². The highest BCUT2D eigenvalue weighted by molar-refractivity contribution is 5.72. The predicted molar refractivity (Wildman–Crippen MR) is 128 cm³/mol. The molecule has 4 nitrogen and oxygen atoms in total. The van der Waals surface area contributed by atoms with Crippen LogP contribution in [0.5, 0.6) is 0 Å². The number of carbonyl (C=O) groups is 1. The highest BCUT2D eigenvalue weighted by Crippen LogP contribution is 2.32. The molecular formula is C27H38N2O2. The quantitative estimate of drug-likeness (QED) is 0.504. The Bertz CT molecular complexity index is 790. The maximum absolute atomic E-state index is 12.4. The molecule has 0 aliphatic heterocycles. The van der Waals surface area contributed by atoms with Crippen LogP contribution in [-0.4, -0.2) is 36.1 Å². The highest BCUT2D eigenvalue weighted by atomic mass is 16.6. The lowest BCUT2D eigenvalue weighted by molar-refractivity contribution is -0.156. The molecule has 1 aliphatic rings. The van der Waals surface area contributed by atoms with Crippen LogP contribution >= 0.6 is 0 Å². The number of carbonyl (C=O) groups excluding carboxylic acids is 1. The van der Waals surface area contributed by atoms with E-state index in [-0.39, 0.29) is 12.5 Å². The van der Waals surface area contributed by atoms with Crippen molar-refractivity contribution >= 4 is 11.7 Å². The van der Waals surface area contributed by atoms with Gasteiger partial charge in [-0.05, 0) is 62.8 Å². The Hall–Kier alpha value is -2.33. The molecule has 1 fully saturated rings. The predicted octanol–water partition coefficient (Wildman–Crippen LogP) is 5.99. The Morgan fingerprint density at radius 3 is 2.32 bits per heavy atom. The van der Waals surface area contributed by atoms with Gasteiger partial charge in [-0.15, -0.1) is 0 Å². The molecule has 4 heteroatoms. The summed E-state index contributed by atoms with van der Waals surface area (Å²) in [6, 6.07) is 19.2. The van der Waals surface area contributed by atoms with E-state index in [1.165, 1.54) is 43.2 Å². The highest BCUT2D eigenvalue weighted by Gasteiger charge is 2.19. The second-order valence-electron chi connectivity index (χ2n) is 9.67. The number of anilines is 1. The maximum Gasteiger partial charge on any atom is 0.320 e. The van der Waals surface area contributed by atoms with Crippen molar-refractivity contribution in [3.63, 3.8) is 0 Å². The fraction of sp³-hybridized carbons (Fsp3) is 0.519. The molecule has 3 rings (SSSR count). The minimum absolute atomic E-state index is 0.180. The summed E-state index contributed by atoms with van der Waals surface area (Å²) in [5.41, 5.74) is 3.34. The second-order valence-corrected chi connectivity index (χ2v) is 9.67. The van der Waals surface area contributed by atoms with Gasteiger partial charge in [0, 0.05) is 25.3 Å². The molecule has 0 amide bonds. The number of hydrogen-bond donors (Lipinski definition) is 1. The topological polar surface area (TPSA) is 41.6 Å². The van der Waals surface area contributed by atoms with Crippen LogP contribution in [-0.2, 0) is 16.1 Å². The molecule has 0 radical (unpaired) electrons. The summed E-state index contributed by atoms with van der Waals surface area (Å²) < 4.78 is 5.54. The van der Waals surface area contributed by atoms with Crippen LogP contribution in [0.4, 0.5) is 5.69 Å². The third-order valence-electron chi connectivity index (χ3n) is 5.77. The van der Waals surface area contributed by atoms with E-state index in [0.29, 0.717) is 0 Å². The van der Waals surface area contributed by atoms with Crippen molar-refractivity contribution < 1.29 is 9.53 Å². The van der Waals surface area contributed by atoms with Crippen LogP contribution in [0.3, 0.4) is 0 Å². The van der Waals surface area contributed by atoms with Gasteiger partial charge in [-0.2, -0.15) is 0 Å². The third-order valence-corrected chi connectivity index (χ3v) is 5.77. The summed E-state index contributed by atoms with van der Waals surface area (Å²) in [6.45, 7) is 8.27. The van der Waals surface area contributed by atoms with Gasteiger partial charge in [-0.25, -0.2) is 0 Å². The summed E-state index contributed by atoms with van der Waals surface area (Å²) in [5.74, 6) is 0.554. The molecule has 0 spiro atoms. The molecule has 168 valence electrons. The number of nitrogens with one attached hydrogen (secondary N) is 1. The normalized spacial score (nSPS) is 15.1. The molecule has 0 atom stereocenters. The lowest BCUT2D eigenvalue weighted by Gasteiger charge is -2.25. The SMILES string of the molecule is CC(C)(C)OC(=O)CN(CCNc1ccc(C2CCCCC2)cc1)Cc1ccccc1.